The third-order valence-electron chi connectivity index (χ3n) is 2.31. The van der Waals surface area contributed by atoms with Gasteiger partial charge in [0.15, 0.2) is 0 Å². The Morgan fingerprint density at radius 3 is 2.80 bits per heavy atom. The molecule has 0 spiro atoms. The maximum Gasteiger partial charge on any atom is 0.407 e. The van der Waals surface area contributed by atoms with Crippen molar-refractivity contribution >= 4 is 6.09 Å². The molecule has 0 bridgehead atoms. The summed E-state index contributed by atoms with van der Waals surface area (Å²) in [6.45, 7) is 0. The third-order valence-corrected chi connectivity index (χ3v) is 2.31. The van der Waals surface area contributed by atoms with E-state index in [1.165, 1.54) is 7.05 Å². The molecular weight excluding hydrogens is 198 g/mol. The van der Waals surface area contributed by atoms with E-state index < -0.39 is 24.4 Å². The monoisotopic (exact) mass is 215 g/mol. The van der Waals surface area contributed by atoms with Gasteiger partial charge in [-0.15, -0.1) is 0 Å². The number of alkyl carbamates (subject to hydrolysis) is 1. The highest BCUT2D eigenvalue weighted by molar-refractivity contribution is 5.67. The fraction of sp³-hybridized carbons (Fsp3) is 0.700. The lowest BCUT2D eigenvalue weighted by Gasteiger charge is -2.21. The van der Waals surface area contributed by atoms with Gasteiger partial charge in [-0.25, -0.2) is 4.79 Å². The topological polar surface area (TPSA) is 78.8 Å². The number of nitrogens with one attached hydrogen (secondary N) is 1. The number of hydrogen-bond acceptors (Lipinski definition) is 4. The first-order valence-electron chi connectivity index (χ1n) is 5.04. The highest BCUT2D eigenvalue weighted by Gasteiger charge is 2.19. The summed E-state index contributed by atoms with van der Waals surface area (Å²) < 4.78 is 4.99. The lowest BCUT2D eigenvalue weighted by molar-refractivity contribution is 0.0606. The fourth-order valence-electron chi connectivity index (χ4n) is 1.46. The Morgan fingerprint density at radius 2 is 2.13 bits per heavy atom. The molecule has 86 valence electrons. The van der Waals surface area contributed by atoms with E-state index in [1.54, 1.807) is 12.2 Å². The number of amides is 1. The molecule has 5 heteroatoms. The molecule has 1 aliphatic carbocycles. The summed E-state index contributed by atoms with van der Waals surface area (Å²) in [5, 5.41) is 21.3. The van der Waals surface area contributed by atoms with E-state index in [1.807, 2.05) is 0 Å². The summed E-state index contributed by atoms with van der Waals surface area (Å²) >= 11 is 0. The summed E-state index contributed by atoms with van der Waals surface area (Å²) in [5.41, 5.74) is 0. The van der Waals surface area contributed by atoms with Gasteiger partial charge in [-0.1, -0.05) is 6.08 Å². The highest BCUT2D eigenvalue weighted by Crippen LogP contribution is 2.15. The van der Waals surface area contributed by atoms with Gasteiger partial charge in [0.1, 0.15) is 6.10 Å². The number of carbonyl (C=O) groups excluding carboxylic acids is 1. The lowest BCUT2D eigenvalue weighted by Crippen LogP contribution is -2.29. The largest absolute Gasteiger partial charge is 0.442 e. The minimum absolute atomic E-state index is 0.372. The summed E-state index contributed by atoms with van der Waals surface area (Å²) in [6.07, 6.45) is 2.50. The van der Waals surface area contributed by atoms with Gasteiger partial charge < -0.3 is 20.3 Å². The Morgan fingerprint density at radius 1 is 1.40 bits per heavy atom. The van der Waals surface area contributed by atoms with Gasteiger partial charge in [-0.3, -0.25) is 0 Å². The van der Waals surface area contributed by atoms with Gasteiger partial charge in [0, 0.05) is 13.5 Å². The van der Waals surface area contributed by atoms with Crippen LogP contribution in [-0.4, -0.2) is 41.7 Å². The molecule has 0 aromatic heterocycles. The molecular formula is C10H17NO4. The highest BCUT2D eigenvalue weighted by atomic mass is 16.6. The van der Waals surface area contributed by atoms with Crippen LogP contribution in [0, 0.1) is 0 Å². The van der Waals surface area contributed by atoms with Gasteiger partial charge in [-0.05, 0) is 18.9 Å². The molecule has 0 aromatic carbocycles. The molecule has 0 aliphatic heterocycles. The van der Waals surface area contributed by atoms with Crippen molar-refractivity contribution in [1.29, 1.82) is 0 Å². The first kappa shape index (κ1) is 12.0. The van der Waals surface area contributed by atoms with E-state index >= 15 is 0 Å². The number of aliphatic hydroxyl groups excluding tert-OH is 2. The molecule has 0 radical (unpaired) electrons. The van der Waals surface area contributed by atoms with Crippen LogP contribution in [-0.2, 0) is 4.74 Å². The van der Waals surface area contributed by atoms with E-state index in [9.17, 15) is 15.0 Å². The molecule has 1 rings (SSSR count). The van der Waals surface area contributed by atoms with E-state index in [2.05, 4.69) is 5.32 Å². The molecule has 0 fully saturated rings. The molecule has 0 saturated heterocycles. The van der Waals surface area contributed by atoms with Gasteiger partial charge in [-0.2, -0.15) is 0 Å². The molecule has 3 N–H and O–H groups in total. The summed E-state index contributed by atoms with van der Waals surface area (Å²) in [7, 11) is 1.47. The van der Waals surface area contributed by atoms with Crippen LogP contribution < -0.4 is 5.32 Å². The molecule has 0 saturated carbocycles. The average Bonchev–Trinajstić information content (AvgIpc) is 2.20. The van der Waals surface area contributed by atoms with Crippen LogP contribution in [0.1, 0.15) is 19.3 Å². The number of aliphatic hydroxyl groups is 2. The van der Waals surface area contributed by atoms with Crippen molar-refractivity contribution in [2.45, 2.75) is 37.6 Å². The Kier molecular flexibility index (Phi) is 4.58. The van der Waals surface area contributed by atoms with Crippen LogP contribution >= 0.6 is 0 Å². The third kappa shape index (κ3) is 4.31. The van der Waals surface area contributed by atoms with Gasteiger partial charge >= 0.3 is 6.09 Å². The minimum Gasteiger partial charge on any atom is -0.442 e. The first-order chi connectivity index (χ1) is 7.11. The maximum absolute atomic E-state index is 11.0. The van der Waals surface area contributed by atoms with E-state index in [4.69, 9.17) is 4.74 Å². The zero-order valence-electron chi connectivity index (χ0n) is 8.72. The van der Waals surface area contributed by atoms with Crippen LogP contribution in [0.2, 0.25) is 0 Å². The summed E-state index contributed by atoms with van der Waals surface area (Å²) in [6, 6.07) is 0. The van der Waals surface area contributed by atoms with Crippen molar-refractivity contribution in [3.63, 3.8) is 0 Å². The molecule has 1 aliphatic rings. The second kappa shape index (κ2) is 5.72. The predicted molar refractivity (Wildman–Crippen MR) is 54.3 cm³/mol. The van der Waals surface area contributed by atoms with Crippen LogP contribution in [0.5, 0.6) is 0 Å². The predicted octanol–water partition coefficient (Wildman–Crippen LogP) is 0.173. The minimum atomic E-state index is -0.573. The number of carbonyl (C=O) groups is 1. The van der Waals surface area contributed by atoms with Gasteiger partial charge in [0.2, 0.25) is 0 Å². The van der Waals surface area contributed by atoms with Crippen molar-refractivity contribution in [1.82, 2.24) is 5.32 Å². The van der Waals surface area contributed by atoms with E-state index in [-0.39, 0.29) is 0 Å². The second-order valence-electron chi connectivity index (χ2n) is 3.61. The fourth-order valence-corrected chi connectivity index (χ4v) is 1.46. The molecule has 15 heavy (non-hydrogen) atoms. The quantitative estimate of drug-likeness (QED) is 0.545. The van der Waals surface area contributed by atoms with Crippen molar-refractivity contribution < 1.29 is 19.7 Å². The Balaban J connectivity index is 2.56. The average molecular weight is 215 g/mol. The van der Waals surface area contributed by atoms with Crippen molar-refractivity contribution in [2.75, 3.05) is 7.05 Å². The Labute approximate surface area is 88.7 Å². The summed E-state index contributed by atoms with van der Waals surface area (Å²) in [4.78, 5) is 11.0. The van der Waals surface area contributed by atoms with Crippen molar-refractivity contribution in [3.05, 3.63) is 12.2 Å². The van der Waals surface area contributed by atoms with Gasteiger partial charge in [0.05, 0.1) is 12.2 Å². The van der Waals surface area contributed by atoms with Crippen LogP contribution in [0.15, 0.2) is 12.2 Å². The first-order valence-corrected chi connectivity index (χ1v) is 5.04. The molecule has 1 amide bonds. The molecule has 3 unspecified atom stereocenters. The standard InChI is InChI=1S/C10H17NO4/c1-11-10(14)15-9-5-4-7(12)2-3-8(13)6-9/h4-5,7-9,12-13H,2-3,6H2,1H3,(H,11,14)/b5-4+. The van der Waals surface area contributed by atoms with E-state index in [0.717, 1.165) is 0 Å². The molecule has 3 atom stereocenters. The number of ether oxygens (including phenoxy) is 1. The number of hydrogen-bond donors (Lipinski definition) is 3. The molecule has 5 nitrogen and oxygen atoms in total. The zero-order valence-corrected chi connectivity index (χ0v) is 8.72. The number of rotatable bonds is 1. The zero-order chi connectivity index (χ0) is 11.3. The maximum atomic E-state index is 11.0. The smallest absolute Gasteiger partial charge is 0.407 e. The molecule has 0 aromatic rings. The SMILES string of the molecule is CNC(=O)OC1/C=C/C(O)CCC(O)C1. The van der Waals surface area contributed by atoms with Crippen molar-refractivity contribution in [2.24, 2.45) is 0 Å². The second-order valence-corrected chi connectivity index (χ2v) is 3.61. The summed E-state index contributed by atoms with van der Waals surface area (Å²) in [5.74, 6) is 0. The van der Waals surface area contributed by atoms with Crippen molar-refractivity contribution in [3.8, 4) is 0 Å². The normalized spacial score (nSPS) is 33.7. The van der Waals surface area contributed by atoms with E-state index in [0.29, 0.717) is 19.3 Å². The lowest BCUT2D eigenvalue weighted by atomic mass is 10.00. The van der Waals surface area contributed by atoms with Crippen LogP contribution in [0.25, 0.3) is 0 Å². The van der Waals surface area contributed by atoms with Gasteiger partial charge in [0.25, 0.3) is 0 Å². The Hall–Kier alpha value is -1.07. The van der Waals surface area contributed by atoms with Crippen LogP contribution in [0.3, 0.4) is 0 Å². The van der Waals surface area contributed by atoms with Crippen LogP contribution in [0.4, 0.5) is 4.79 Å². The Bertz CT molecular complexity index is 242. The molecule has 0 heterocycles.